The fourth-order valence-corrected chi connectivity index (χ4v) is 7.74. The van der Waals surface area contributed by atoms with Crippen LogP contribution in [0.4, 0.5) is 0 Å². The van der Waals surface area contributed by atoms with Gasteiger partial charge in [0, 0.05) is 0 Å². The molecule has 0 aromatic rings. The highest BCUT2D eigenvalue weighted by atomic mass is 31.2. The van der Waals surface area contributed by atoms with E-state index in [9.17, 15) is 50.0 Å². The van der Waals surface area contributed by atoms with Gasteiger partial charge < -0.3 is 46.0 Å². The quantitative estimate of drug-likeness (QED) is 0.0306. The van der Waals surface area contributed by atoms with Gasteiger partial charge in [-0.05, 0) is 12.8 Å². The molecule has 0 aromatic carbocycles. The van der Waals surface area contributed by atoms with Crippen molar-refractivity contribution in [3.05, 3.63) is 0 Å². The van der Waals surface area contributed by atoms with Gasteiger partial charge in [-0.25, -0.2) is 4.57 Å². The number of unbranched alkanes of at least 4 members (excludes halogenated alkanes) is 20. The second-order valence-electron chi connectivity index (χ2n) is 15.0. The van der Waals surface area contributed by atoms with Crippen molar-refractivity contribution >= 4 is 13.7 Å². The van der Waals surface area contributed by atoms with Crippen LogP contribution in [0, 0.1) is 0 Å². The number of carbonyl (C=O) groups excluding carboxylic acids is 1. The molecule has 0 bridgehead atoms. The fourth-order valence-electron chi connectivity index (χ4n) is 6.77. The van der Waals surface area contributed by atoms with E-state index in [-0.39, 0.29) is 12.8 Å². The molecule has 8 atom stereocenters. The van der Waals surface area contributed by atoms with Gasteiger partial charge in [0.1, 0.15) is 36.6 Å². The van der Waals surface area contributed by atoms with Crippen LogP contribution in [0.25, 0.3) is 0 Å². The van der Waals surface area contributed by atoms with E-state index in [4.69, 9.17) is 9.05 Å². The van der Waals surface area contributed by atoms with Crippen molar-refractivity contribution < 1.29 is 59.0 Å². The summed E-state index contributed by atoms with van der Waals surface area (Å²) in [5, 5.41) is 74.1. The van der Waals surface area contributed by atoms with Crippen LogP contribution in [0.1, 0.15) is 174 Å². The lowest BCUT2D eigenvalue weighted by Crippen LogP contribution is -2.64. The summed E-state index contributed by atoms with van der Waals surface area (Å²) in [5.74, 6) is -0.562. The molecule has 0 aliphatic heterocycles. The van der Waals surface area contributed by atoms with E-state index in [0.29, 0.717) is 12.8 Å². The first-order valence-corrected chi connectivity index (χ1v) is 22.1. The first-order chi connectivity index (χ1) is 24.8. The number of amides is 1. The Balaban J connectivity index is 2.54. The average Bonchev–Trinajstić information content (AvgIpc) is 3.11. The van der Waals surface area contributed by atoms with Crippen LogP contribution >= 0.6 is 7.82 Å². The molecule has 0 saturated heterocycles. The zero-order valence-corrected chi connectivity index (χ0v) is 33.1. The monoisotopic (exact) mass is 770 g/mol. The maximum atomic E-state index is 12.9. The van der Waals surface area contributed by atoms with Crippen molar-refractivity contribution in [2.75, 3.05) is 6.61 Å². The third-order valence-electron chi connectivity index (χ3n) is 10.2. The van der Waals surface area contributed by atoms with Crippen LogP contribution in [-0.2, 0) is 18.4 Å². The summed E-state index contributed by atoms with van der Waals surface area (Å²) in [5.41, 5.74) is 0. The number of phosphoric ester groups is 1. The molecule has 14 heteroatoms. The van der Waals surface area contributed by atoms with Crippen molar-refractivity contribution in [3.63, 3.8) is 0 Å². The minimum atomic E-state index is -5.10. The Kier molecular flexibility index (Phi) is 28.0. The first-order valence-electron chi connectivity index (χ1n) is 20.6. The number of aliphatic hydroxyl groups excluding tert-OH is 7. The summed E-state index contributed by atoms with van der Waals surface area (Å²) in [6.07, 6.45) is 11.9. The summed E-state index contributed by atoms with van der Waals surface area (Å²) in [7, 11) is -5.10. The normalized spacial score (nSPS) is 25.0. The zero-order valence-electron chi connectivity index (χ0n) is 32.2. The van der Waals surface area contributed by atoms with E-state index in [2.05, 4.69) is 19.2 Å². The van der Waals surface area contributed by atoms with Crippen LogP contribution < -0.4 is 5.32 Å². The molecule has 0 radical (unpaired) electrons. The second kappa shape index (κ2) is 29.6. The third-order valence-corrected chi connectivity index (χ3v) is 11.2. The van der Waals surface area contributed by atoms with Gasteiger partial charge in [-0.3, -0.25) is 13.8 Å². The number of aliphatic hydroxyl groups is 7. The van der Waals surface area contributed by atoms with Crippen LogP contribution in [0.5, 0.6) is 0 Å². The molecule has 1 fully saturated rings. The molecular weight excluding hydrogens is 693 g/mol. The van der Waals surface area contributed by atoms with Gasteiger partial charge in [0.2, 0.25) is 5.91 Å². The highest BCUT2D eigenvalue weighted by Gasteiger charge is 2.51. The van der Waals surface area contributed by atoms with Gasteiger partial charge in [-0.2, -0.15) is 0 Å². The molecule has 52 heavy (non-hydrogen) atoms. The summed E-state index contributed by atoms with van der Waals surface area (Å²) in [4.78, 5) is 23.3. The minimum Gasteiger partial charge on any atom is -0.393 e. The summed E-state index contributed by atoms with van der Waals surface area (Å²) >= 11 is 0. The Labute approximate surface area is 313 Å². The van der Waals surface area contributed by atoms with Crippen molar-refractivity contribution in [2.24, 2.45) is 0 Å². The molecule has 1 saturated carbocycles. The van der Waals surface area contributed by atoms with E-state index in [1.165, 1.54) is 83.5 Å². The average molecular weight is 770 g/mol. The van der Waals surface area contributed by atoms with E-state index in [0.717, 1.165) is 51.4 Å². The molecular formula is C38H76NO12P. The van der Waals surface area contributed by atoms with Crippen LogP contribution in [-0.4, -0.2) is 108 Å². The molecule has 1 amide bonds. The Hall–Kier alpha value is -0.700. The van der Waals surface area contributed by atoms with E-state index in [1.807, 2.05) is 0 Å². The Morgan fingerprint density at radius 3 is 1.38 bits per heavy atom. The van der Waals surface area contributed by atoms with E-state index in [1.54, 1.807) is 0 Å². The highest BCUT2D eigenvalue weighted by molar-refractivity contribution is 7.47. The largest absolute Gasteiger partial charge is 0.472 e. The molecule has 0 spiro atoms. The van der Waals surface area contributed by atoms with E-state index < -0.39 is 75.2 Å². The number of phosphoric acid groups is 1. The number of hydrogen-bond donors (Lipinski definition) is 9. The molecule has 0 aromatic heterocycles. The number of rotatable bonds is 33. The lowest BCUT2D eigenvalue weighted by atomic mass is 9.85. The van der Waals surface area contributed by atoms with Crippen molar-refractivity contribution in [3.8, 4) is 0 Å². The zero-order chi connectivity index (χ0) is 38.8. The standard InChI is InChI=1S/C38H76NO12P/c1-3-5-7-9-11-13-14-15-16-17-18-19-21-23-25-29(40)27-32(42)39-30(31(41)26-24-22-20-12-10-8-6-4-2)28-50-52(48,49)51-38-36(46)34(44)33(43)35(45)37(38)47/h29-31,33-38,40-41,43-47H,3-28H2,1-2H3,(H,39,42)(H,48,49). The molecule has 1 aliphatic carbocycles. The van der Waals surface area contributed by atoms with Crippen molar-refractivity contribution in [1.29, 1.82) is 0 Å². The minimum absolute atomic E-state index is 0.217. The smallest absolute Gasteiger partial charge is 0.393 e. The van der Waals surface area contributed by atoms with Crippen molar-refractivity contribution in [1.82, 2.24) is 5.32 Å². The van der Waals surface area contributed by atoms with Gasteiger partial charge in [0.05, 0.1) is 31.3 Å². The summed E-state index contributed by atoms with van der Waals surface area (Å²) in [6, 6.07) is -1.14. The second-order valence-corrected chi connectivity index (χ2v) is 16.4. The molecule has 9 N–H and O–H groups in total. The Bertz CT molecular complexity index is 916. The predicted molar refractivity (Wildman–Crippen MR) is 201 cm³/mol. The van der Waals surface area contributed by atoms with Crippen LogP contribution in [0.3, 0.4) is 0 Å². The van der Waals surface area contributed by atoms with Crippen LogP contribution in [0.2, 0.25) is 0 Å². The summed E-state index contributed by atoms with van der Waals surface area (Å²) in [6.45, 7) is 3.72. The molecule has 0 heterocycles. The lowest BCUT2D eigenvalue weighted by molar-refractivity contribution is -0.220. The van der Waals surface area contributed by atoms with Crippen LogP contribution in [0.15, 0.2) is 0 Å². The topological polar surface area (TPSA) is 226 Å². The van der Waals surface area contributed by atoms with Gasteiger partial charge in [0.15, 0.2) is 0 Å². The number of nitrogens with one attached hydrogen (secondary N) is 1. The first kappa shape index (κ1) is 49.3. The van der Waals surface area contributed by atoms with E-state index >= 15 is 0 Å². The SMILES string of the molecule is CCCCCCCCCCCCCCCCC(O)CC(=O)NC(COP(=O)(O)OC1C(O)C(O)C(O)C(O)C1O)C(O)CCCCCCCCCC. The maximum Gasteiger partial charge on any atom is 0.472 e. The molecule has 1 rings (SSSR count). The lowest BCUT2D eigenvalue weighted by Gasteiger charge is -2.41. The molecule has 1 aliphatic rings. The molecule has 310 valence electrons. The number of hydrogen-bond acceptors (Lipinski definition) is 11. The third kappa shape index (κ3) is 22.0. The fraction of sp³-hybridized carbons (Fsp3) is 0.974. The van der Waals surface area contributed by atoms with Gasteiger partial charge >= 0.3 is 7.82 Å². The van der Waals surface area contributed by atoms with Gasteiger partial charge in [-0.1, -0.05) is 155 Å². The Morgan fingerprint density at radius 2 is 0.962 bits per heavy atom. The molecule has 8 unspecified atom stereocenters. The summed E-state index contributed by atoms with van der Waals surface area (Å²) < 4.78 is 22.7. The molecule has 13 nitrogen and oxygen atoms in total. The number of carbonyl (C=O) groups is 1. The van der Waals surface area contributed by atoms with Crippen molar-refractivity contribution in [2.45, 2.75) is 229 Å². The van der Waals surface area contributed by atoms with Gasteiger partial charge in [0.25, 0.3) is 0 Å². The predicted octanol–water partition coefficient (Wildman–Crippen LogP) is 5.31. The highest BCUT2D eigenvalue weighted by Crippen LogP contribution is 2.47. The Morgan fingerprint density at radius 1 is 0.596 bits per heavy atom. The maximum absolute atomic E-state index is 12.9. The van der Waals surface area contributed by atoms with Gasteiger partial charge in [-0.15, -0.1) is 0 Å².